The minimum absolute atomic E-state index is 0.0854. The summed E-state index contributed by atoms with van der Waals surface area (Å²) in [5.41, 5.74) is -0.194. The summed E-state index contributed by atoms with van der Waals surface area (Å²) in [6.07, 6.45) is 0.347. The molecule has 3 unspecified atom stereocenters. The largest absolute Gasteiger partial charge is 0.376 e. The van der Waals surface area contributed by atoms with Gasteiger partial charge in [-0.05, 0) is 41.2 Å². The van der Waals surface area contributed by atoms with Crippen molar-refractivity contribution in [3.63, 3.8) is 0 Å². The first-order valence-corrected chi connectivity index (χ1v) is 8.04. The first-order chi connectivity index (χ1) is 9.26. The van der Waals surface area contributed by atoms with E-state index >= 15 is 0 Å². The summed E-state index contributed by atoms with van der Waals surface area (Å²) in [6.45, 7) is 18.2. The third kappa shape index (κ3) is 3.35. The molecule has 0 aromatic carbocycles. The van der Waals surface area contributed by atoms with Crippen LogP contribution in [0.25, 0.3) is 0 Å². The normalized spacial score (nSPS) is 37.2. The third-order valence-electron chi connectivity index (χ3n) is 4.77. The Hall–Kier alpha value is -0.160. The molecule has 118 valence electrons. The number of hydrogen-bond donors (Lipinski definition) is 1. The fourth-order valence-electron chi connectivity index (χ4n) is 3.97. The van der Waals surface area contributed by atoms with Gasteiger partial charge in [-0.2, -0.15) is 0 Å². The van der Waals surface area contributed by atoms with Gasteiger partial charge in [-0.3, -0.25) is 4.90 Å². The molecule has 1 N–H and O–H groups in total. The molecule has 4 heteroatoms. The van der Waals surface area contributed by atoms with E-state index in [1.165, 1.54) is 0 Å². The number of rotatable bonds is 4. The summed E-state index contributed by atoms with van der Waals surface area (Å²) in [6, 6.07) is 0.403. The third-order valence-corrected chi connectivity index (χ3v) is 4.77. The van der Waals surface area contributed by atoms with Crippen LogP contribution in [0.1, 0.15) is 41.5 Å². The van der Waals surface area contributed by atoms with E-state index in [2.05, 4.69) is 51.8 Å². The fourth-order valence-corrected chi connectivity index (χ4v) is 3.97. The van der Waals surface area contributed by atoms with Gasteiger partial charge in [0.15, 0.2) is 0 Å². The second-order valence-corrected chi connectivity index (χ2v) is 7.39. The molecule has 4 nitrogen and oxygen atoms in total. The lowest BCUT2D eigenvalue weighted by Crippen LogP contribution is -2.53. The Balaban J connectivity index is 2.09. The molecular formula is C16H32N2O2. The minimum atomic E-state index is -0.109. The Morgan fingerprint density at radius 3 is 2.50 bits per heavy atom. The van der Waals surface area contributed by atoms with E-state index in [0.29, 0.717) is 18.1 Å². The quantitative estimate of drug-likeness (QED) is 0.855. The average Bonchev–Trinajstić information content (AvgIpc) is 2.47. The molecule has 20 heavy (non-hydrogen) atoms. The van der Waals surface area contributed by atoms with Crippen molar-refractivity contribution >= 4 is 0 Å². The zero-order valence-electron chi connectivity index (χ0n) is 14.0. The molecule has 0 radical (unpaired) electrons. The van der Waals surface area contributed by atoms with Crippen LogP contribution in [0, 0.1) is 5.92 Å². The lowest BCUT2D eigenvalue weighted by Gasteiger charge is -2.38. The molecule has 0 aromatic rings. The molecule has 0 saturated carbocycles. The van der Waals surface area contributed by atoms with Crippen molar-refractivity contribution in [2.45, 2.75) is 64.9 Å². The highest BCUT2D eigenvalue weighted by Gasteiger charge is 2.53. The number of likely N-dealkylation sites (N-methyl/N-ethyl adjacent to an activating group) is 1. The summed E-state index contributed by atoms with van der Waals surface area (Å²) < 4.78 is 12.0. The van der Waals surface area contributed by atoms with Gasteiger partial charge in [0.1, 0.15) is 0 Å². The number of morpholine rings is 1. The van der Waals surface area contributed by atoms with Crippen LogP contribution in [-0.4, -0.2) is 61.0 Å². The summed E-state index contributed by atoms with van der Waals surface area (Å²) in [7, 11) is 0. The SMILES string of the molecule is CCNC1C(CN2CCOC(C)C2)C(C)(C)OC1(C)C. The fraction of sp³-hybridized carbons (Fsp3) is 1.00. The van der Waals surface area contributed by atoms with Gasteiger partial charge in [-0.25, -0.2) is 0 Å². The summed E-state index contributed by atoms with van der Waals surface area (Å²) in [5, 5.41) is 3.66. The number of hydrogen-bond acceptors (Lipinski definition) is 4. The lowest BCUT2D eigenvalue weighted by atomic mass is 9.82. The van der Waals surface area contributed by atoms with Crippen molar-refractivity contribution in [2.75, 3.05) is 32.8 Å². The Kier molecular flexibility index (Phi) is 4.80. The zero-order valence-corrected chi connectivity index (χ0v) is 14.0. The smallest absolute Gasteiger partial charge is 0.0790 e. The topological polar surface area (TPSA) is 33.7 Å². The molecular weight excluding hydrogens is 252 g/mol. The highest BCUT2D eigenvalue weighted by Crippen LogP contribution is 2.42. The van der Waals surface area contributed by atoms with Crippen LogP contribution < -0.4 is 5.32 Å². The van der Waals surface area contributed by atoms with Gasteiger partial charge < -0.3 is 14.8 Å². The van der Waals surface area contributed by atoms with Crippen LogP contribution in [0.5, 0.6) is 0 Å². The Labute approximate surface area is 124 Å². The predicted octanol–water partition coefficient (Wildman–Crippen LogP) is 1.89. The number of ether oxygens (including phenoxy) is 2. The van der Waals surface area contributed by atoms with E-state index in [4.69, 9.17) is 9.47 Å². The summed E-state index contributed by atoms with van der Waals surface area (Å²) in [4.78, 5) is 2.54. The maximum Gasteiger partial charge on any atom is 0.0790 e. The van der Waals surface area contributed by atoms with E-state index in [1.54, 1.807) is 0 Å². The highest BCUT2D eigenvalue weighted by atomic mass is 16.5. The predicted molar refractivity (Wildman–Crippen MR) is 82.1 cm³/mol. The number of nitrogens with one attached hydrogen (secondary N) is 1. The van der Waals surface area contributed by atoms with Crippen molar-refractivity contribution in [3.8, 4) is 0 Å². The van der Waals surface area contributed by atoms with E-state index in [-0.39, 0.29) is 11.2 Å². The maximum absolute atomic E-state index is 6.36. The molecule has 0 bridgehead atoms. The highest BCUT2D eigenvalue weighted by molar-refractivity contribution is 5.06. The van der Waals surface area contributed by atoms with Gasteiger partial charge >= 0.3 is 0 Å². The first kappa shape index (κ1) is 16.2. The number of nitrogens with zero attached hydrogens (tertiary/aromatic N) is 1. The van der Waals surface area contributed by atoms with Crippen molar-refractivity contribution < 1.29 is 9.47 Å². The van der Waals surface area contributed by atoms with Gasteiger partial charge in [-0.1, -0.05) is 6.92 Å². The first-order valence-electron chi connectivity index (χ1n) is 8.04. The van der Waals surface area contributed by atoms with E-state index in [0.717, 1.165) is 32.8 Å². The molecule has 2 heterocycles. The monoisotopic (exact) mass is 284 g/mol. The van der Waals surface area contributed by atoms with Gasteiger partial charge in [0.05, 0.1) is 23.9 Å². The summed E-state index contributed by atoms with van der Waals surface area (Å²) >= 11 is 0. The van der Waals surface area contributed by atoms with Crippen molar-refractivity contribution in [1.29, 1.82) is 0 Å². The molecule has 2 aliphatic heterocycles. The van der Waals surface area contributed by atoms with Crippen LogP contribution in [0.3, 0.4) is 0 Å². The lowest BCUT2D eigenvalue weighted by molar-refractivity contribution is -0.0835. The second kappa shape index (κ2) is 5.91. The van der Waals surface area contributed by atoms with Gasteiger partial charge in [-0.15, -0.1) is 0 Å². The molecule has 0 amide bonds. The summed E-state index contributed by atoms with van der Waals surface area (Å²) in [5.74, 6) is 0.503. The molecule has 0 aliphatic carbocycles. The van der Waals surface area contributed by atoms with Gasteiger partial charge in [0.25, 0.3) is 0 Å². The van der Waals surface area contributed by atoms with E-state index < -0.39 is 0 Å². The maximum atomic E-state index is 6.36. The van der Waals surface area contributed by atoms with Crippen molar-refractivity contribution in [1.82, 2.24) is 10.2 Å². The molecule has 2 saturated heterocycles. The Morgan fingerprint density at radius 2 is 1.90 bits per heavy atom. The molecule has 2 aliphatic rings. The van der Waals surface area contributed by atoms with Crippen LogP contribution in [-0.2, 0) is 9.47 Å². The minimum Gasteiger partial charge on any atom is -0.376 e. The van der Waals surface area contributed by atoms with E-state index in [9.17, 15) is 0 Å². The molecule has 3 atom stereocenters. The second-order valence-electron chi connectivity index (χ2n) is 7.39. The molecule has 0 spiro atoms. The average molecular weight is 284 g/mol. The molecule has 0 aromatic heterocycles. The van der Waals surface area contributed by atoms with Crippen molar-refractivity contribution in [3.05, 3.63) is 0 Å². The van der Waals surface area contributed by atoms with Gasteiger partial charge in [0.2, 0.25) is 0 Å². The molecule has 2 rings (SSSR count). The standard InChI is InChI=1S/C16H32N2O2/c1-7-17-14-13(15(3,4)20-16(14,5)6)11-18-8-9-19-12(2)10-18/h12-14,17H,7-11H2,1-6H3. The van der Waals surface area contributed by atoms with Crippen LogP contribution in [0.15, 0.2) is 0 Å². The zero-order chi connectivity index (χ0) is 15.0. The van der Waals surface area contributed by atoms with E-state index in [1.807, 2.05) is 0 Å². The Bertz CT molecular complexity index is 330. The Morgan fingerprint density at radius 1 is 1.20 bits per heavy atom. The van der Waals surface area contributed by atoms with Crippen LogP contribution in [0.4, 0.5) is 0 Å². The van der Waals surface area contributed by atoms with Crippen LogP contribution in [0.2, 0.25) is 0 Å². The molecule has 2 fully saturated rings. The van der Waals surface area contributed by atoms with Gasteiger partial charge in [0, 0.05) is 31.6 Å². The van der Waals surface area contributed by atoms with Crippen LogP contribution >= 0.6 is 0 Å². The van der Waals surface area contributed by atoms with Crippen molar-refractivity contribution in [2.24, 2.45) is 5.92 Å².